The van der Waals surface area contributed by atoms with Crippen LogP contribution in [0.2, 0.25) is 5.02 Å². The van der Waals surface area contributed by atoms with Crippen LogP contribution in [-0.2, 0) is 11.2 Å². The van der Waals surface area contributed by atoms with E-state index in [1.165, 1.54) is 28.4 Å². The summed E-state index contributed by atoms with van der Waals surface area (Å²) in [6.07, 6.45) is 2.45. The zero-order valence-electron chi connectivity index (χ0n) is 16.2. The van der Waals surface area contributed by atoms with Gasteiger partial charge in [0.05, 0.1) is 10.8 Å². The lowest BCUT2D eigenvalue weighted by atomic mass is 10.1. The lowest BCUT2D eigenvalue weighted by molar-refractivity contribution is -0.113. The Morgan fingerprint density at radius 1 is 1.36 bits per heavy atom. The number of halogens is 1. The molecule has 0 aromatic carbocycles. The van der Waals surface area contributed by atoms with Gasteiger partial charge >= 0.3 is 0 Å². The first kappa shape index (κ1) is 20.8. The summed E-state index contributed by atoms with van der Waals surface area (Å²) in [6.45, 7) is 8.48. The number of thiophene rings is 1. The molecule has 0 unspecified atom stereocenters. The van der Waals surface area contributed by atoms with Crippen molar-refractivity contribution in [2.45, 2.75) is 45.3 Å². The van der Waals surface area contributed by atoms with Gasteiger partial charge in [-0.2, -0.15) is 0 Å². The summed E-state index contributed by atoms with van der Waals surface area (Å²) in [5, 5.41) is 15.0. The highest BCUT2D eigenvalue weighted by Gasteiger charge is 2.21. The van der Waals surface area contributed by atoms with Gasteiger partial charge in [0.1, 0.15) is 5.82 Å². The van der Waals surface area contributed by atoms with E-state index in [9.17, 15) is 4.79 Å². The van der Waals surface area contributed by atoms with E-state index in [-0.39, 0.29) is 17.7 Å². The maximum absolute atomic E-state index is 12.3. The fourth-order valence-electron chi connectivity index (χ4n) is 2.89. The molecule has 3 aromatic heterocycles. The van der Waals surface area contributed by atoms with E-state index in [1.54, 1.807) is 23.5 Å². The molecule has 1 N–H and O–H groups in total. The standard InChI is InChI=1S/C19H22ClN5OS2/c1-5-14-12(4)27-9-15(14)18-23-24-19(25(18)11(2)3)28-10-17(26)22-16-7-6-13(20)8-21-16/h6-9,11H,5,10H2,1-4H3,(H,21,22,26). The number of thioether (sulfide) groups is 1. The molecule has 0 saturated heterocycles. The summed E-state index contributed by atoms with van der Waals surface area (Å²) in [6, 6.07) is 3.54. The van der Waals surface area contributed by atoms with Crippen molar-refractivity contribution in [3.05, 3.63) is 39.2 Å². The van der Waals surface area contributed by atoms with E-state index in [2.05, 4.69) is 58.1 Å². The van der Waals surface area contributed by atoms with Crippen molar-refractivity contribution in [2.24, 2.45) is 0 Å². The molecule has 0 fully saturated rings. The second-order valence-corrected chi connectivity index (χ2v) is 8.97. The van der Waals surface area contributed by atoms with Gasteiger partial charge in [0.25, 0.3) is 0 Å². The molecule has 0 atom stereocenters. The predicted molar refractivity (Wildman–Crippen MR) is 116 cm³/mol. The quantitative estimate of drug-likeness (QED) is 0.514. The molecule has 3 rings (SSSR count). The zero-order chi connectivity index (χ0) is 20.3. The van der Waals surface area contributed by atoms with Crippen LogP contribution in [0.25, 0.3) is 11.4 Å². The minimum absolute atomic E-state index is 0.152. The fraction of sp³-hybridized carbons (Fsp3) is 0.368. The average Bonchev–Trinajstić information content (AvgIpc) is 3.24. The lowest BCUT2D eigenvalue weighted by Crippen LogP contribution is -2.15. The van der Waals surface area contributed by atoms with Gasteiger partial charge in [-0.15, -0.1) is 21.5 Å². The largest absolute Gasteiger partial charge is 0.310 e. The minimum Gasteiger partial charge on any atom is -0.310 e. The summed E-state index contributed by atoms with van der Waals surface area (Å²) >= 11 is 8.92. The van der Waals surface area contributed by atoms with E-state index in [0.29, 0.717) is 10.8 Å². The maximum atomic E-state index is 12.3. The number of carbonyl (C=O) groups excluding carboxylic acids is 1. The lowest BCUT2D eigenvalue weighted by Gasteiger charge is -2.14. The molecule has 3 heterocycles. The first-order valence-corrected chi connectivity index (χ1v) is 11.2. The number of anilines is 1. The molecule has 0 radical (unpaired) electrons. The number of nitrogens with one attached hydrogen (secondary N) is 1. The van der Waals surface area contributed by atoms with Gasteiger partial charge < -0.3 is 5.32 Å². The molecule has 6 nitrogen and oxygen atoms in total. The summed E-state index contributed by atoms with van der Waals surface area (Å²) in [5.74, 6) is 1.40. The molecule has 28 heavy (non-hydrogen) atoms. The summed E-state index contributed by atoms with van der Waals surface area (Å²) in [4.78, 5) is 17.7. The third kappa shape index (κ3) is 4.56. The zero-order valence-corrected chi connectivity index (χ0v) is 18.6. The van der Waals surface area contributed by atoms with Gasteiger partial charge in [-0.3, -0.25) is 9.36 Å². The molecular formula is C19H22ClN5OS2. The number of nitrogens with zero attached hydrogens (tertiary/aromatic N) is 4. The highest BCUT2D eigenvalue weighted by atomic mass is 35.5. The van der Waals surface area contributed by atoms with Crippen molar-refractivity contribution in [3.63, 3.8) is 0 Å². The Kier molecular flexibility index (Phi) is 6.74. The number of rotatable bonds is 7. The Morgan fingerprint density at radius 3 is 2.79 bits per heavy atom. The summed E-state index contributed by atoms with van der Waals surface area (Å²) in [5.41, 5.74) is 2.44. The number of aryl methyl sites for hydroxylation is 1. The van der Waals surface area contributed by atoms with Crippen molar-refractivity contribution < 1.29 is 4.79 Å². The predicted octanol–water partition coefficient (Wildman–Crippen LogP) is 5.24. The van der Waals surface area contributed by atoms with Gasteiger partial charge in [-0.1, -0.05) is 30.3 Å². The van der Waals surface area contributed by atoms with Crippen LogP contribution in [0, 0.1) is 6.92 Å². The van der Waals surface area contributed by atoms with Gasteiger partial charge in [0.2, 0.25) is 5.91 Å². The smallest absolute Gasteiger partial charge is 0.236 e. The van der Waals surface area contributed by atoms with Gasteiger partial charge in [-0.25, -0.2) is 4.98 Å². The number of pyridine rings is 1. The van der Waals surface area contributed by atoms with Crippen LogP contribution < -0.4 is 5.32 Å². The molecular weight excluding hydrogens is 414 g/mol. The highest BCUT2D eigenvalue weighted by Crippen LogP contribution is 2.34. The molecule has 0 aliphatic heterocycles. The fourth-order valence-corrected chi connectivity index (χ4v) is 4.81. The van der Waals surface area contributed by atoms with E-state index in [4.69, 9.17) is 11.6 Å². The number of hydrogen-bond acceptors (Lipinski definition) is 6. The Labute approximate surface area is 177 Å². The second kappa shape index (κ2) is 9.07. The van der Waals surface area contributed by atoms with Crippen LogP contribution in [-0.4, -0.2) is 31.4 Å². The Hall–Kier alpha value is -1.90. The van der Waals surface area contributed by atoms with Gasteiger partial charge in [0.15, 0.2) is 11.0 Å². The number of carbonyl (C=O) groups is 1. The van der Waals surface area contributed by atoms with E-state index in [1.807, 2.05) is 0 Å². The molecule has 1 amide bonds. The average molecular weight is 436 g/mol. The maximum Gasteiger partial charge on any atom is 0.236 e. The highest BCUT2D eigenvalue weighted by molar-refractivity contribution is 7.99. The third-order valence-electron chi connectivity index (χ3n) is 4.21. The molecule has 148 valence electrons. The second-order valence-electron chi connectivity index (χ2n) is 6.51. The van der Waals surface area contributed by atoms with Crippen LogP contribution in [0.4, 0.5) is 5.82 Å². The van der Waals surface area contributed by atoms with E-state index in [0.717, 1.165) is 23.0 Å². The molecule has 0 spiro atoms. The van der Waals surface area contributed by atoms with E-state index < -0.39 is 0 Å². The van der Waals surface area contributed by atoms with Gasteiger partial charge in [-0.05, 0) is 44.9 Å². The summed E-state index contributed by atoms with van der Waals surface area (Å²) < 4.78 is 2.10. The Balaban J connectivity index is 1.76. The van der Waals surface area contributed by atoms with E-state index >= 15 is 0 Å². The van der Waals surface area contributed by atoms with Crippen LogP contribution in [0.5, 0.6) is 0 Å². The first-order chi connectivity index (χ1) is 13.4. The molecule has 0 bridgehead atoms. The van der Waals surface area contributed by atoms with Crippen molar-refractivity contribution in [2.75, 3.05) is 11.1 Å². The van der Waals surface area contributed by atoms with Crippen molar-refractivity contribution in [1.29, 1.82) is 0 Å². The summed E-state index contributed by atoms with van der Waals surface area (Å²) in [7, 11) is 0. The molecule has 9 heteroatoms. The minimum atomic E-state index is -0.152. The monoisotopic (exact) mass is 435 g/mol. The molecule has 3 aromatic rings. The molecule has 0 saturated carbocycles. The molecule has 0 aliphatic carbocycles. The molecule has 0 aliphatic rings. The number of hydrogen-bond donors (Lipinski definition) is 1. The van der Waals surface area contributed by atoms with Crippen LogP contribution >= 0.6 is 34.7 Å². The Bertz CT molecular complexity index is 965. The topological polar surface area (TPSA) is 72.7 Å². The van der Waals surface area contributed by atoms with Crippen molar-refractivity contribution in [1.82, 2.24) is 19.7 Å². The SMILES string of the molecule is CCc1c(-c2nnc(SCC(=O)Nc3ccc(Cl)cn3)n2C(C)C)csc1C. The van der Waals surface area contributed by atoms with Gasteiger partial charge in [0, 0.05) is 28.1 Å². The third-order valence-corrected chi connectivity index (χ3v) is 6.33. The van der Waals surface area contributed by atoms with Crippen LogP contribution in [0.15, 0.2) is 28.9 Å². The normalized spacial score (nSPS) is 11.2. The van der Waals surface area contributed by atoms with Crippen molar-refractivity contribution >= 4 is 46.4 Å². The Morgan fingerprint density at radius 2 is 2.14 bits per heavy atom. The number of amides is 1. The van der Waals surface area contributed by atoms with Crippen molar-refractivity contribution in [3.8, 4) is 11.4 Å². The first-order valence-electron chi connectivity index (χ1n) is 8.97. The van der Waals surface area contributed by atoms with Crippen LogP contribution in [0.3, 0.4) is 0 Å². The number of aromatic nitrogens is 4. The van der Waals surface area contributed by atoms with Crippen LogP contribution in [0.1, 0.15) is 37.3 Å².